The SMILES string of the molecule is CCOC(=O)N1N=C(c2cccc(C(F)(F)F)c2)[C@H](Cl)[C@@H](C(F)(F)F)[C@@H]1N1CCOCC1. The fraction of sp³-hybridized carbons (Fsp3) is 0.579. The Kier molecular flexibility index (Phi) is 7.25. The molecule has 0 aliphatic carbocycles. The normalized spacial score (nSPS) is 25.4. The van der Waals surface area contributed by atoms with Gasteiger partial charge in [0.15, 0.2) is 0 Å². The van der Waals surface area contributed by atoms with Crippen LogP contribution in [0.3, 0.4) is 0 Å². The van der Waals surface area contributed by atoms with E-state index in [0.29, 0.717) is 11.1 Å². The van der Waals surface area contributed by atoms with E-state index >= 15 is 0 Å². The first-order valence-electron chi connectivity index (χ1n) is 9.69. The minimum atomic E-state index is -4.90. The lowest BCUT2D eigenvalue weighted by atomic mass is 9.90. The molecule has 1 amide bonds. The number of ether oxygens (including phenoxy) is 2. The Morgan fingerprint density at radius 3 is 2.44 bits per heavy atom. The lowest BCUT2D eigenvalue weighted by Crippen LogP contribution is -2.64. The highest BCUT2D eigenvalue weighted by molar-refractivity contribution is 6.35. The lowest BCUT2D eigenvalue weighted by Gasteiger charge is -2.46. The van der Waals surface area contributed by atoms with E-state index in [4.69, 9.17) is 21.1 Å². The molecule has 3 rings (SSSR count). The van der Waals surface area contributed by atoms with Crippen LogP contribution in [-0.4, -0.2) is 72.3 Å². The van der Waals surface area contributed by atoms with Gasteiger partial charge in [-0.15, -0.1) is 11.6 Å². The molecule has 2 heterocycles. The van der Waals surface area contributed by atoms with Gasteiger partial charge in [-0.05, 0) is 24.6 Å². The third kappa shape index (κ3) is 5.12. The smallest absolute Gasteiger partial charge is 0.431 e. The van der Waals surface area contributed by atoms with Gasteiger partial charge in [-0.3, -0.25) is 4.90 Å². The lowest BCUT2D eigenvalue weighted by molar-refractivity contribution is -0.211. The molecule has 0 N–H and O–H groups in total. The van der Waals surface area contributed by atoms with Gasteiger partial charge in [0.1, 0.15) is 12.1 Å². The van der Waals surface area contributed by atoms with Crippen LogP contribution in [0.25, 0.3) is 0 Å². The molecule has 1 fully saturated rings. The maximum atomic E-state index is 14.2. The predicted molar refractivity (Wildman–Crippen MR) is 102 cm³/mol. The zero-order chi connectivity index (χ0) is 23.7. The van der Waals surface area contributed by atoms with E-state index in [9.17, 15) is 31.1 Å². The molecule has 32 heavy (non-hydrogen) atoms. The van der Waals surface area contributed by atoms with E-state index in [1.54, 1.807) is 0 Å². The highest BCUT2D eigenvalue weighted by Crippen LogP contribution is 2.42. The number of benzene rings is 1. The summed E-state index contributed by atoms with van der Waals surface area (Å²) in [5.41, 5.74) is -1.86. The van der Waals surface area contributed by atoms with Crippen molar-refractivity contribution in [1.29, 1.82) is 0 Å². The van der Waals surface area contributed by atoms with Crippen LogP contribution in [0.4, 0.5) is 31.1 Å². The van der Waals surface area contributed by atoms with Gasteiger partial charge in [0.2, 0.25) is 0 Å². The highest BCUT2D eigenvalue weighted by atomic mass is 35.5. The van der Waals surface area contributed by atoms with Crippen LogP contribution < -0.4 is 0 Å². The summed E-state index contributed by atoms with van der Waals surface area (Å²) in [7, 11) is 0. The Bertz CT molecular complexity index is 857. The Morgan fingerprint density at radius 2 is 1.88 bits per heavy atom. The van der Waals surface area contributed by atoms with E-state index in [0.717, 1.165) is 18.2 Å². The fourth-order valence-corrected chi connectivity index (χ4v) is 4.12. The zero-order valence-corrected chi connectivity index (χ0v) is 17.5. The van der Waals surface area contributed by atoms with Gasteiger partial charge >= 0.3 is 18.4 Å². The molecule has 0 aromatic heterocycles. The Balaban J connectivity index is 2.14. The van der Waals surface area contributed by atoms with E-state index in [-0.39, 0.29) is 38.5 Å². The van der Waals surface area contributed by atoms with Gasteiger partial charge < -0.3 is 9.47 Å². The molecule has 3 atom stereocenters. The second-order valence-electron chi connectivity index (χ2n) is 7.14. The van der Waals surface area contributed by atoms with Crippen LogP contribution in [0, 0.1) is 5.92 Å². The average molecular weight is 488 g/mol. The largest absolute Gasteiger partial charge is 0.448 e. The first-order valence-corrected chi connectivity index (χ1v) is 10.1. The Morgan fingerprint density at radius 1 is 1.22 bits per heavy atom. The molecule has 2 aliphatic heterocycles. The number of rotatable bonds is 3. The van der Waals surface area contributed by atoms with E-state index in [1.807, 2.05) is 0 Å². The molecule has 1 aromatic rings. The summed E-state index contributed by atoms with van der Waals surface area (Å²) in [6.45, 7) is 1.75. The molecular weight excluding hydrogens is 468 g/mol. The number of carbonyl (C=O) groups is 1. The molecule has 0 radical (unpaired) electrons. The van der Waals surface area contributed by atoms with Crippen molar-refractivity contribution in [3.8, 4) is 0 Å². The van der Waals surface area contributed by atoms with Gasteiger partial charge in [0.25, 0.3) is 0 Å². The van der Waals surface area contributed by atoms with E-state index < -0.39 is 47.2 Å². The monoisotopic (exact) mass is 487 g/mol. The highest BCUT2D eigenvalue weighted by Gasteiger charge is 2.58. The first kappa shape index (κ1) is 24.6. The molecule has 0 bridgehead atoms. The molecule has 0 saturated carbocycles. The van der Waals surface area contributed by atoms with Gasteiger partial charge in [-0.25, -0.2) is 4.79 Å². The molecule has 0 unspecified atom stereocenters. The van der Waals surface area contributed by atoms with Crippen LogP contribution in [-0.2, 0) is 15.7 Å². The van der Waals surface area contributed by atoms with Gasteiger partial charge in [0, 0.05) is 13.1 Å². The van der Waals surface area contributed by atoms with Crippen molar-refractivity contribution >= 4 is 23.4 Å². The van der Waals surface area contributed by atoms with Gasteiger partial charge in [0.05, 0.1) is 36.5 Å². The van der Waals surface area contributed by atoms with Crippen molar-refractivity contribution in [2.45, 2.75) is 30.8 Å². The average Bonchev–Trinajstić information content (AvgIpc) is 2.72. The van der Waals surface area contributed by atoms with Crippen molar-refractivity contribution in [1.82, 2.24) is 9.91 Å². The summed E-state index contributed by atoms with van der Waals surface area (Å²) >= 11 is 6.23. The topological polar surface area (TPSA) is 54.4 Å². The number of hydrogen-bond acceptors (Lipinski definition) is 5. The van der Waals surface area contributed by atoms with Crippen LogP contribution in [0.1, 0.15) is 18.1 Å². The molecular formula is C19H20ClF6N3O3. The number of hydrogen-bond donors (Lipinski definition) is 0. The predicted octanol–water partition coefficient (Wildman–Crippen LogP) is 4.33. The number of alkyl halides is 7. The molecule has 6 nitrogen and oxygen atoms in total. The minimum absolute atomic E-state index is 0.0746. The fourth-order valence-electron chi connectivity index (χ4n) is 3.67. The van der Waals surface area contributed by atoms with E-state index in [1.165, 1.54) is 11.8 Å². The van der Waals surface area contributed by atoms with E-state index in [2.05, 4.69) is 5.10 Å². The second-order valence-corrected chi connectivity index (χ2v) is 7.61. The number of halogens is 7. The maximum absolute atomic E-state index is 14.2. The van der Waals surface area contributed by atoms with Crippen molar-refractivity contribution in [3.05, 3.63) is 35.4 Å². The second kappa shape index (κ2) is 9.44. The number of amides is 1. The Labute approximate surface area is 184 Å². The number of carbonyl (C=O) groups excluding carboxylic acids is 1. The number of hydrazone groups is 1. The number of morpholine rings is 1. The Hall–Kier alpha value is -2.05. The minimum Gasteiger partial charge on any atom is -0.448 e. The van der Waals surface area contributed by atoms with Crippen molar-refractivity contribution in [3.63, 3.8) is 0 Å². The molecule has 13 heteroatoms. The van der Waals surface area contributed by atoms with Crippen molar-refractivity contribution in [2.24, 2.45) is 11.0 Å². The molecule has 1 saturated heterocycles. The van der Waals surface area contributed by atoms with Crippen molar-refractivity contribution in [2.75, 3.05) is 32.9 Å². The van der Waals surface area contributed by atoms with Gasteiger partial charge in [-0.1, -0.05) is 12.1 Å². The third-order valence-corrected chi connectivity index (χ3v) is 5.58. The summed E-state index contributed by atoms with van der Waals surface area (Å²) in [5, 5.41) is 2.67. The number of nitrogens with zero attached hydrogens (tertiary/aromatic N) is 3. The van der Waals surface area contributed by atoms with Crippen LogP contribution in [0.2, 0.25) is 0 Å². The van der Waals surface area contributed by atoms with Crippen LogP contribution in [0.15, 0.2) is 29.4 Å². The van der Waals surface area contributed by atoms with Gasteiger partial charge in [-0.2, -0.15) is 36.5 Å². The standard InChI is InChI=1S/C19H20ClF6N3O3/c1-2-32-17(30)29-16(28-6-8-31-9-7-28)13(19(24,25)26)14(20)15(27-29)11-4-3-5-12(10-11)18(21,22)23/h3-5,10,13-14,16H,2,6-9H2,1H3/t13-,14-,16-/m1/s1. The third-order valence-electron chi connectivity index (χ3n) is 5.10. The summed E-state index contributed by atoms with van der Waals surface area (Å²) in [6, 6.07) is 3.63. The quantitative estimate of drug-likeness (QED) is 0.470. The molecule has 1 aromatic carbocycles. The summed E-state index contributed by atoms with van der Waals surface area (Å²) in [5.74, 6) is -2.34. The summed E-state index contributed by atoms with van der Waals surface area (Å²) in [6.07, 6.45) is -12.4. The van der Waals surface area contributed by atoms with Crippen LogP contribution in [0.5, 0.6) is 0 Å². The molecule has 2 aliphatic rings. The summed E-state index contributed by atoms with van der Waals surface area (Å²) in [4.78, 5) is 13.9. The summed E-state index contributed by atoms with van der Waals surface area (Å²) < 4.78 is 92.2. The molecule has 0 spiro atoms. The zero-order valence-electron chi connectivity index (χ0n) is 16.8. The first-order chi connectivity index (χ1) is 14.9. The maximum Gasteiger partial charge on any atom is 0.431 e. The van der Waals surface area contributed by atoms with Crippen LogP contribution >= 0.6 is 11.6 Å². The molecule has 178 valence electrons. The van der Waals surface area contributed by atoms with Crippen molar-refractivity contribution < 1.29 is 40.6 Å².